The second-order valence-corrected chi connectivity index (χ2v) is 7.24. The van der Waals surface area contributed by atoms with E-state index in [9.17, 15) is 4.79 Å². The Labute approximate surface area is 157 Å². The van der Waals surface area contributed by atoms with Crippen LogP contribution in [0.2, 0.25) is 10.0 Å². The monoisotopic (exact) mass is 377 g/mol. The minimum atomic E-state index is -0.258. The summed E-state index contributed by atoms with van der Waals surface area (Å²) < 4.78 is 0. The van der Waals surface area contributed by atoms with Crippen LogP contribution in [0.15, 0.2) is 36.4 Å². The van der Waals surface area contributed by atoms with Crippen molar-refractivity contribution in [1.29, 1.82) is 0 Å². The van der Waals surface area contributed by atoms with Gasteiger partial charge in [0.2, 0.25) is 0 Å². The number of carbonyl (C=O) groups excluding carboxylic acids is 1. The lowest BCUT2D eigenvalue weighted by Gasteiger charge is -2.36. The number of nitrogen functional groups attached to an aromatic ring is 1. The molecule has 1 aliphatic rings. The number of benzene rings is 2. The molecule has 1 aliphatic heterocycles. The van der Waals surface area contributed by atoms with Crippen molar-refractivity contribution in [2.45, 2.75) is 32.2 Å². The molecule has 1 saturated heterocycles. The Morgan fingerprint density at radius 3 is 2.76 bits per heavy atom. The van der Waals surface area contributed by atoms with Gasteiger partial charge in [-0.2, -0.15) is 0 Å². The van der Waals surface area contributed by atoms with E-state index in [0.717, 1.165) is 25.1 Å². The van der Waals surface area contributed by atoms with Gasteiger partial charge in [-0.15, -0.1) is 0 Å². The quantitative estimate of drug-likeness (QED) is 0.721. The molecule has 1 atom stereocenters. The molecule has 3 rings (SSSR count). The van der Waals surface area contributed by atoms with Crippen molar-refractivity contribution in [1.82, 2.24) is 0 Å². The predicted octanol–water partition coefficient (Wildman–Crippen LogP) is 5.21. The van der Waals surface area contributed by atoms with E-state index in [1.54, 1.807) is 30.3 Å². The number of nitrogens with one attached hydrogen (secondary N) is 1. The van der Waals surface area contributed by atoms with Gasteiger partial charge in [-0.1, -0.05) is 29.3 Å². The van der Waals surface area contributed by atoms with Gasteiger partial charge in [0.1, 0.15) is 0 Å². The van der Waals surface area contributed by atoms with E-state index in [0.29, 0.717) is 33.0 Å². The first-order valence-corrected chi connectivity index (χ1v) is 9.14. The number of hydrogen-bond acceptors (Lipinski definition) is 3. The molecule has 0 radical (unpaired) electrons. The molecule has 0 spiro atoms. The molecule has 1 amide bonds. The topological polar surface area (TPSA) is 58.4 Å². The number of piperidine rings is 1. The predicted molar refractivity (Wildman–Crippen MR) is 106 cm³/mol. The first-order valence-electron chi connectivity index (χ1n) is 8.38. The molecule has 0 unspecified atom stereocenters. The van der Waals surface area contributed by atoms with Crippen molar-refractivity contribution in [2.24, 2.45) is 0 Å². The standard InChI is InChI=1S/C19H21Cl2N3O/c1-12-5-2-3-8-24(12)18-11-17(15(21)10-16(18)22)23-19(25)13-6-4-7-14(20)9-13/h4,6-7,9-12H,2-3,5,8,22H2,1H3,(H,23,25)/t12-/m0/s1. The maximum atomic E-state index is 12.5. The van der Waals surface area contributed by atoms with Gasteiger partial charge < -0.3 is 16.0 Å². The summed E-state index contributed by atoms with van der Waals surface area (Å²) in [6.45, 7) is 3.14. The minimum absolute atomic E-state index is 0.258. The minimum Gasteiger partial charge on any atom is -0.397 e. The van der Waals surface area contributed by atoms with Crippen LogP contribution in [0.25, 0.3) is 0 Å². The van der Waals surface area contributed by atoms with E-state index in [2.05, 4.69) is 17.1 Å². The highest BCUT2D eigenvalue weighted by atomic mass is 35.5. The fourth-order valence-electron chi connectivity index (χ4n) is 3.20. The molecule has 2 aromatic rings. The summed E-state index contributed by atoms with van der Waals surface area (Å²) in [5, 5.41) is 3.79. The van der Waals surface area contributed by atoms with Crippen LogP contribution < -0.4 is 16.0 Å². The molecule has 25 heavy (non-hydrogen) atoms. The Kier molecular flexibility index (Phi) is 5.40. The lowest BCUT2D eigenvalue weighted by Crippen LogP contribution is -2.37. The fourth-order valence-corrected chi connectivity index (χ4v) is 3.61. The smallest absolute Gasteiger partial charge is 0.255 e. The number of halogens is 2. The largest absolute Gasteiger partial charge is 0.397 e. The zero-order chi connectivity index (χ0) is 18.0. The third-order valence-corrected chi connectivity index (χ3v) is 5.11. The summed E-state index contributed by atoms with van der Waals surface area (Å²) in [4.78, 5) is 14.8. The first kappa shape index (κ1) is 17.9. The van der Waals surface area contributed by atoms with Gasteiger partial charge in [-0.05, 0) is 56.5 Å². The number of nitrogens with zero attached hydrogens (tertiary/aromatic N) is 1. The maximum absolute atomic E-state index is 12.5. The summed E-state index contributed by atoms with van der Waals surface area (Å²) >= 11 is 12.3. The number of hydrogen-bond donors (Lipinski definition) is 2. The van der Waals surface area contributed by atoms with Crippen molar-refractivity contribution in [3.63, 3.8) is 0 Å². The Hall–Kier alpha value is -1.91. The molecule has 6 heteroatoms. The van der Waals surface area contributed by atoms with Gasteiger partial charge in [-0.25, -0.2) is 0 Å². The van der Waals surface area contributed by atoms with Gasteiger partial charge in [0.25, 0.3) is 5.91 Å². The highest BCUT2D eigenvalue weighted by Crippen LogP contribution is 2.36. The van der Waals surface area contributed by atoms with Crippen molar-refractivity contribution < 1.29 is 4.79 Å². The van der Waals surface area contributed by atoms with Gasteiger partial charge in [0.05, 0.1) is 22.1 Å². The Morgan fingerprint density at radius 1 is 1.24 bits per heavy atom. The third kappa shape index (κ3) is 4.02. The fraction of sp³-hybridized carbons (Fsp3) is 0.316. The summed E-state index contributed by atoms with van der Waals surface area (Å²) in [5.74, 6) is -0.258. The van der Waals surface area contributed by atoms with E-state index in [-0.39, 0.29) is 5.91 Å². The summed E-state index contributed by atoms with van der Waals surface area (Å²) in [6, 6.07) is 10.8. The van der Waals surface area contributed by atoms with E-state index in [4.69, 9.17) is 28.9 Å². The van der Waals surface area contributed by atoms with Crippen LogP contribution in [-0.2, 0) is 0 Å². The second kappa shape index (κ2) is 7.54. The van der Waals surface area contributed by atoms with Crippen LogP contribution in [-0.4, -0.2) is 18.5 Å². The average molecular weight is 378 g/mol. The molecule has 0 saturated carbocycles. The Bertz CT molecular complexity index is 794. The molecule has 4 nitrogen and oxygen atoms in total. The molecule has 132 valence electrons. The van der Waals surface area contributed by atoms with Gasteiger partial charge in [0.15, 0.2) is 0 Å². The molecule has 0 bridgehead atoms. The Morgan fingerprint density at radius 2 is 2.04 bits per heavy atom. The van der Waals surface area contributed by atoms with Crippen LogP contribution in [0.4, 0.5) is 17.1 Å². The average Bonchev–Trinajstić information content (AvgIpc) is 2.58. The molecule has 1 heterocycles. The van der Waals surface area contributed by atoms with Crippen molar-refractivity contribution in [3.05, 3.63) is 52.0 Å². The molecular weight excluding hydrogens is 357 g/mol. The second-order valence-electron chi connectivity index (χ2n) is 6.39. The molecule has 1 fully saturated rings. The summed E-state index contributed by atoms with van der Waals surface area (Å²) in [7, 11) is 0. The lowest BCUT2D eigenvalue weighted by atomic mass is 10.0. The van der Waals surface area contributed by atoms with Gasteiger partial charge in [0, 0.05) is 23.2 Å². The van der Waals surface area contributed by atoms with Crippen LogP contribution in [0.1, 0.15) is 36.5 Å². The lowest BCUT2D eigenvalue weighted by molar-refractivity contribution is 0.102. The van der Waals surface area contributed by atoms with Crippen LogP contribution in [0, 0.1) is 0 Å². The zero-order valence-electron chi connectivity index (χ0n) is 14.1. The number of carbonyl (C=O) groups is 1. The van der Waals surface area contributed by atoms with E-state index >= 15 is 0 Å². The summed E-state index contributed by atoms with van der Waals surface area (Å²) in [6.07, 6.45) is 3.49. The molecule has 2 aromatic carbocycles. The van der Waals surface area contributed by atoms with Crippen molar-refractivity contribution in [2.75, 3.05) is 22.5 Å². The number of rotatable bonds is 3. The third-order valence-electron chi connectivity index (χ3n) is 4.56. The molecule has 0 aliphatic carbocycles. The summed E-state index contributed by atoms with van der Waals surface area (Å²) in [5.41, 5.74) is 8.76. The molecule has 0 aromatic heterocycles. The van der Waals surface area contributed by atoms with Crippen LogP contribution in [0.5, 0.6) is 0 Å². The highest BCUT2D eigenvalue weighted by Gasteiger charge is 2.22. The van der Waals surface area contributed by atoms with Crippen molar-refractivity contribution in [3.8, 4) is 0 Å². The SMILES string of the molecule is C[C@H]1CCCCN1c1cc(NC(=O)c2cccc(Cl)c2)c(Cl)cc1N. The highest BCUT2D eigenvalue weighted by molar-refractivity contribution is 6.34. The van der Waals surface area contributed by atoms with Crippen LogP contribution >= 0.6 is 23.2 Å². The molecule has 3 N–H and O–H groups in total. The normalized spacial score (nSPS) is 17.4. The van der Waals surface area contributed by atoms with Crippen LogP contribution in [0.3, 0.4) is 0 Å². The van der Waals surface area contributed by atoms with E-state index < -0.39 is 0 Å². The van der Waals surface area contributed by atoms with Crippen molar-refractivity contribution >= 4 is 46.2 Å². The molecular formula is C19H21Cl2N3O. The van der Waals surface area contributed by atoms with E-state index in [1.807, 2.05) is 6.07 Å². The van der Waals surface area contributed by atoms with Gasteiger partial charge >= 0.3 is 0 Å². The maximum Gasteiger partial charge on any atom is 0.255 e. The zero-order valence-corrected chi connectivity index (χ0v) is 15.6. The Balaban J connectivity index is 1.88. The number of anilines is 3. The van der Waals surface area contributed by atoms with E-state index in [1.165, 1.54) is 6.42 Å². The number of amides is 1. The number of nitrogens with two attached hydrogens (primary N) is 1. The first-order chi connectivity index (χ1) is 12.0. The van der Waals surface area contributed by atoms with Gasteiger partial charge in [-0.3, -0.25) is 4.79 Å².